The molecule has 0 saturated carbocycles. The second kappa shape index (κ2) is 6.84. The summed E-state index contributed by atoms with van der Waals surface area (Å²) >= 11 is 13.8. The van der Waals surface area contributed by atoms with Crippen molar-refractivity contribution in [3.63, 3.8) is 0 Å². The van der Waals surface area contributed by atoms with Crippen molar-refractivity contribution in [2.75, 3.05) is 7.05 Å². The van der Waals surface area contributed by atoms with Gasteiger partial charge in [0.05, 0.1) is 15.1 Å². The highest BCUT2D eigenvalue weighted by Gasteiger charge is 2.30. The van der Waals surface area contributed by atoms with Crippen molar-refractivity contribution in [1.82, 2.24) is 4.90 Å². The number of hydrogen-bond donors (Lipinski definition) is 0. The van der Waals surface area contributed by atoms with Crippen LogP contribution < -0.4 is 0 Å². The van der Waals surface area contributed by atoms with Gasteiger partial charge in [-0.2, -0.15) is 0 Å². The van der Waals surface area contributed by atoms with Gasteiger partial charge in [0.2, 0.25) is 0 Å². The van der Waals surface area contributed by atoms with Crippen LogP contribution in [0, 0.1) is 0 Å². The van der Waals surface area contributed by atoms with E-state index in [1.807, 2.05) is 0 Å². The van der Waals surface area contributed by atoms with Crippen molar-refractivity contribution in [3.8, 4) is 0 Å². The zero-order valence-corrected chi connectivity index (χ0v) is 16.5. The molecular weight excluding hydrogens is 468 g/mol. The number of amidine groups is 1. The number of hydrogen-bond acceptors (Lipinski definition) is 4. The molecule has 2 heterocycles. The van der Waals surface area contributed by atoms with Crippen LogP contribution in [-0.4, -0.2) is 23.0 Å². The van der Waals surface area contributed by atoms with E-state index in [2.05, 4.69) is 36.9 Å². The van der Waals surface area contributed by atoms with E-state index in [9.17, 15) is 4.79 Å². The fourth-order valence-electron chi connectivity index (χ4n) is 1.84. The highest BCUT2D eigenvalue weighted by molar-refractivity contribution is 9.13. The first-order valence-electron chi connectivity index (χ1n) is 6.41. The van der Waals surface area contributed by atoms with Crippen LogP contribution in [0.4, 0.5) is 5.69 Å². The average molecular weight is 477 g/mol. The number of halogens is 3. The molecule has 1 amide bonds. The predicted molar refractivity (Wildman–Crippen MR) is 101 cm³/mol. The van der Waals surface area contributed by atoms with Gasteiger partial charge in [-0.3, -0.25) is 9.69 Å². The molecule has 3 rings (SSSR count). The van der Waals surface area contributed by atoms with Crippen molar-refractivity contribution in [3.05, 3.63) is 55.2 Å². The largest absolute Gasteiger partial charge is 0.449 e. The molecule has 0 radical (unpaired) electrons. The fraction of sp³-hybridized carbons (Fsp3) is 0.0667. The number of nitrogens with zero attached hydrogens (tertiary/aromatic N) is 2. The standard InChI is InChI=1S/C15H9Br2ClN2O2S/c1-20-14(21)12(7-10-6-11(16)13(17)22-10)23-15(20)19-9-4-2-8(18)3-5-9/h2-7H,1H3/b12-7-,19-15?. The third-order valence-electron chi connectivity index (χ3n) is 2.99. The first kappa shape index (κ1) is 16.8. The summed E-state index contributed by atoms with van der Waals surface area (Å²) in [6, 6.07) is 8.92. The second-order valence-corrected chi connectivity index (χ2v) is 7.64. The van der Waals surface area contributed by atoms with E-state index in [4.69, 9.17) is 16.0 Å². The lowest BCUT2D eigenvalue weighted by Gasteiger charge is -2.06. The van der Waals surface area contributed by atoms with Crippen LogP contribution in [0.25, 0.3) is 6.08 Å². The van der Waals surface area contributed by atoms with E-state index < -0.39 is 0 Å². The van der Waals surface area contributed by atoms with Crippen molar-refractivity contribution < 1.29 is 9.21 Å². The quantitative estimate of drug-likeness (QED) is 0.523. The van der Waals surface area contributed by atoms with Gasteiger partial charge < -0.3 is 4.42 Å². The summed E-state index contributed by atoms with van der Waals surface area (Å²) in [6.07, 6.45) is 1.70. The van der Waals surface area contributed by atoms with E-state index in [0.717, 1.165) is 10.2 Å². The van der Waals surface area contributed by atoms with Crippen LogP contribution in [0.3, 0.4) is 0 Å². The second-order valence-electron chi connectivity index (χ2n) is 4.62. The predicted octanol–water partition coefficient (Wildman–Crippen LogP) is 5.69. The summed E-state index contributed by atoms with van der Waals surface area (Å²) in [5.74, 6) is 0.465. The first-order valence-corrected chi connectivity index (χ1v) is 9.19. The molecule has 1 saturated heterocycles. The Hall–Kier alpha value is -1.02. The Labute approximate surface area is 158 Å². The van der Waals surface area contributed by atoms with E-state index in [0.29, 0.717) is 25.5 Å². The maximum Gasteiger partial charge on any atom is 0.266 e. The van der Waals surface area contributed by atoms with E-state index in [1.165, 1.54) is 16.7 Å². The molecule has 4 nitrogen and oxygen atoms in total. The molecule has 0 aliphatic carbocycles. The number of benzene rings is 1. The van der Waals surface area contributed by atoms with Gasteiger partial charge in [0.15, 0.2) is 9.84 Å². The Bertz CT molecular complexity index is 811. The van der Waals surface area contributed by atoms with Gasteiger partial charge >= 0.3 is 0 Å². The molecule has 1 aliphatic heterocycles. The Kier molecular flexibility index (Phi) is 5.01. The van der Waals surface area contributed by atoms with Crippen molar-refractivity contribution >= 4 is 78.1 Å². The van der Waals surface area contributed by atoms with Crippen molar-refractivity contribution in [2.24, 2.45) is 4.99 Å². The van der Waals surface area contributed by atoms with Gasteiger partial charge in [-0.15, -0.1) is 0 Å². The minimum atomic E-state index is -0.119. The van der Waals surface area contributed by atoms with E-state index >= 15 is 0 Å². The molecule has 2 aromatic rings. The van der Waals surface area contributed by atoms with Gasteiger partial charge in [-0.1, -0.05) is 11.6 Å². The van der Waals surface area contributed by atoms with Crippen molar-refractivity contribution in [1.29, 1.82) is 0 Å². The molecule has 8 heteroatoms. The highest BCUT2D eigenvalue weighted by Crippen LogP contribution is 2.35. The van der Waals surface area contributed by atoms with Crippen LogP contribution >= 0.6 is 55.2 Å². The third-order valence-corrected chi connectivity index (χ3v) is 6.01. The summed E-state index contributed by atoms with van der Waals surface area (Å²) in [7, 11) is 1.69. The third kappa shape index (κ3) is 3.74. The summed E-state index contributed by atoms with van der Waals surface area (Å²) in [5, 5.41) is 1.25. The van der Waals surface area contributed by atoms with Crippen LogP contribution in [0.5, 0.6) is 0 Å². The van der Waals surface area contributed by atoms with Crippen LogP contribution in [0.1, 0.15) is 5.76 Å². The number of amides is 1. The molecule has 0 unspecified atom stereocenters. The van der Waals surface area contributed by atoms with Gasteiger partial charge in [0.25, 0.3) is 5.91 Å². The van der Waals surface area contributed by atoms with Crippen molar-refractivity contribution in [2.45, 2.75) is 0 Å². The number of carbonyl (C=O) groups is 1. The Morgan fingerprint density at radius 1 is 1.30 bits per heavy atom. The fourth-order valence-corrected chi connectivity index (χ4v) is 3.54. The van der Waals surface area contributed by atoms with Crippen LogP contribution in [-0.2, 0) is 4.79 Å². The molecule has 1 aliphatic rings. The highest BCUT2D eigenvalue weighted by atomic mass is 79.9. The molecule has 23 heavy (non-hydrogen) atoms. The number of aliphatic imine (C=N–C) groups is 1. The molecule has 118 valence electrons. The molecule has 1 aromatic heterocycles. The number of carbonyl (C=O) groups excluding carboxylic acids is 1. The molecule has 0 bridgehead atoms. The monoisotopic (exact) mass is 474 g/mol. The SMILES string of the molecule is CN1C(=O)/C(=C/c2cc(Br)c(Br)o2)SC1=Nc1ccc(Cl)cc1. The van der Waals surface area contributed by atoms with Crippen LogP contribution in [0.2, 0.25) is 5.02 Å². The molecule has 0 N–H and O–H groups in total. The summed E-state index contributed by atoms with van der Waals surface area (Å²) in [4.78, 5) is 18.9. The lowest BCUT2D eigenvalue weighted by Crippen LogP contribution is -2.23. The number of furan rings is 1. The zero-order valence-electron chi connectivity index (χ0n) is 11.7. The van der Waals surface area contributed by atoms with Crippen LogP contribution in [0.15, 0.2) is 53.8 Å². The minimum Gasteiger partial charge on any atom is -0.449 e. The topological polar surface area (TPSA) is 45.8 Å². The van der Waals surface area contributed by atoms with Gasteiger partial charge in [0, 0.05) is 18.1 Å². The average Bonchev–Trinajstić information content (AvgIpc) is 2.96. The lowest BCUT2D eigenvalue weighted by atomic mass is 10.3. The summed E-state index contributed by atoms with van der Waals surface area (Å²) in [6.45, 7) is 0. The van der Waals surface area contributed by atoms with Gasteiger partial charge in [0.1, 0.15) is 5.76 Å². The Morgan fingerprint density at radius 3 is 2.61 bits per heavy atom. The summed E-state index contributed by atoms with van der Waals surface area (Å²) in [5.41, 5.74) is 0.737. The number of likely N-dealkylation sites (N-methyl/N-ethyl adjacent to an activating group) is 1. The maximum atomic E-state index is 12.3. The first-order chi connectivity index (χ1) is 10.9. The van der Waals surface area contributed by atoms with E-state index in [-0.39, 0.29) is 5.91 Å². The maximum absolute atomic E-state index is 12.3. The molecular formula is C15H9Br2ClN2O2S. The Morgan fingerprint density at radius 2 is 2.00 bits per heavy atom. The zero-order chi connectivity index (χ0) is 16.6. The summed E-state index contributed by atoms with van der Waals surface area (Å²) < 4.78 is 6.86. The van der Waals surface area contributed by atoms with E-state index in [1.54, 1.807) is 43.5 Å². The molecule has 1 aromatic carbocycles. The molecule has 0 atom stereocenters. The van der Waals surface area contributed by atoms with Gasteiger partial charge in [-0.05, 0) is 74.0 Å². The lowest BCUT2D eigenvalue weighted by molar-refractivity contribution is -0.121. The molecule has 0 spiro atoms. The normalized spacial score (nSPS) is 18.4. The smallest absolute Gasteiger partial charge is 0.266 e. The Balaban J connectivity index is 1.89. The molecule has 1 fully saturated rings. The van der Waals surface area contributed by atoms with Gasteiger partial charge in [-0.25, -0.2) is 4.99 Å². The number of rotatable bonds is 2. The number of thioether (sulfide) groups is 1. The minimum absolute atomic E-state index is 0.119.